The molecule has 2 aromatic rings. The summed E-state index contributed by atoms with van der Waals surface area (Å²) in [4.78, 5) is 18.4. The molecule has 0 bridgehead atoms. The molecule has 0 saturated carbocycles. The maximum absolute atomic E-state index is 12.1. The second-order valence-electron chi connectivity index (χ2n) is 5.58. The van der Waals surface area contributed by atoms with Crippen LogP contribution in [0.1, 0.15) is 15.9 Å². The number of aryl methyl sites for hydroxylation is 1. The van der Waals surface area contributed by atoms with E-state index in [0.29, 0.717) is 17.9 Å². The zero-order chi connectivity index (χ0) is 16.8. The number of halogens is 1. The van der Waals surface area contributed by atoms with Crippen LogP contribution in [-0.4, -0.2) is 43.0 Å². The summed E-state index contributed by atoms with van der Waals surface area (Å²) in [5.74, 6) is 0.552. The van der Waals surface area contributed by atoms with Gasteiger partial charge in [-0.1, -0.05) is 15.9 Å². The van der Waals surface area contributed by atoms with Crippen molar-refractivity contribution in [2.75, 3.05) is 32.5 Å². The van der Waals surface area contributed by atoms with Crippen LogP contribution in [0.4, 0.5) is 11.5 Å². The molecule has 0 saturated heterocycles. The summed E-state index contributed by atoms with van der Waals surface area (Å²) in [6.45, 7) is 3.44. The molecular formula is C17H21BrN4O. The van der Waals surface area contributed by atoms with Crippen LogP contribution in [0, 0.1) is 6.92 Å². The van der Waals surface area contributed by atoms with E-state index in [2.05, 4.69) is 31.5 Å². The Bertz CT molecular complexity index is 688. The SMILES string of the molecule is Cc1cc(Nc2cc(C(=O)NCCN(C)C)ccn2)ccc1Br. The first-order valence-corrected chi connectivity index (χ1v) is 8.17. The van der Waals surface area contributed by atoms with Crippen LogP contribution in [0.2, 0.25) is 0 Å². The number of benzene rings is 1. The molecule has 23 heavy (non-hydrogen) atoms. The summed E-state index contributed by atoms with van der Waals surface area (Å²) in [5, 5.41) is 6.12. The number of rotatable bonds is 6. The number of hydrogen-bond acceptors (Lipinski definition) is 4. The summed E-state index contributed by atoms with van der Waals surface area (Å²) in [6.07, 6.45) is 1.63. The van der Waals surface area contributed by atoms with E-state index >= 15 is 0 Å². The second-order valence-corrected chi connectivity index (χ2v) is 6.43. The number of hydrogen-bond donors (Lipinski definition) is 2. The number of pyridine rings is 1. The van der Waals surface area contributed by atoms with Crippen LogP contribution in [0.5, 0.6) is 0 Å². The van der Waals surface area contributed by atoms with Gasteiger partial charge in [-0.05, 0) is 56.9 Å². The lowest BCUT2D eigenvalue weighted by Crippen LogP contribution is -2.31. The standard InChI is InChI=1S/C17H21BrN4O/c1-12-10-14(4-5-15(12)18)21-16-11-13(6-7-19-16)17(23)20-8-9-22(2)3/h4-7,10-11H,8-9H2,1-3H3,(H,19,21)(H,20,23). The molecule has 0 aliphatic carbocycles. The normalized spacial score (nSPS) is 10.7. The van der Waals surface area contributed by atoms with Crippen LogP contribution in [-0.2, 0) is 0 Å². The third-order valence-electron chi connectivity index (χ3n) is 3.30. The maximum Gasteiger partial charge on any atom is 0.251 e. The van der Waals surface area contributed by atoms with Gasteiger partial charge in [0.05, 0.1) is 0 Å². The van der Waals surface area contributed by atoms with E-state index in [-0.39, 0.29) is 5.91 Å². The molecule has 1 heterocycles. The third-order valence-corrected chi connectivity index (χ3v) is 4.19. The van der Waals surface area contributed by atoms with E-state index in [0.717, 1.165) is 22.3 Å². The molecule has 122 valence electrons. The molecule has 0 fully saturated rings. The molecule has 5 nitrogen and oxygen atoms in total. The second kappa shape index (κ2) is 8.08. The first-order chi connectivity index (χ1) is 11.0. The fourth-order valence-corrected chi connectivity index (χ4v) is 2.25. The molecule has 1 aromatic carbocycles. The molecule has 2 rings (SSSR count). The van der Waals surface area contributed by atoms with Crippen molar-refractivity contribution >= 4 is 33.3 Å². The average Bonchev–Trinajstić information content (AvgIpc) is 2.51. The fourth-order valence-electron chi connectivity index (χ4n) is 2.01. The number of carbonyl (C=O) groups excluding carboxylic acids is 1. The van der Waals surface area contributed by atoms with E-state index in [1.54, 1.807) is 18.3 Å². The minimum atomic E-state index is -0.0933. The number of aromatic nitrogens is 1. The van der Waals surface area contributed by atoms with Crippen LogP contribution in [0.15, 0.2) is 41.0 Å². The van der Waals surface area contributed by atoms with Crippen molar-refractivity contribution in [3.05, 3.63) is 52.1 Å². The fraction of sp³-hybridized carbons (Fsp3) is 0.294. The van der Waals surface area contributed by atoms with Crippen molar-refractivity contribution in [2.45, 2.75) is 6.92 Å². The van der Waals surface area contributed by atoms with Gasteiger partial charge in [0.1, 0.15) is 5.82 Å². The molecule has 0 atom stereocenters. The van der Waals surface area contributed by atoms with Gasteiger partial charge in [0.25, 0.3) is 5.91 Å². The summed E-state index contributed by atoms with van der Waals surface area (Å²) in [7, 11) is 3.95. The molecule has 0 spiro atoms. The molecule has 1 amide bonds. The quantitative estimate of drug-likeness (QED) is 0.812. The van der Waals surface area contributed by atoms with Gasteiger partial charge in [-0.15, -0.1) is 0 Å². The molecule has 0 unspecified atom stereocenters. The smallest absolute Gasteiger partial charge is 0.251 e. The zero-order valence-electron chi connectivity index (χ0n) is 13.6. The van der Waals surface area contributed by atoms with Crippen LogP contribution in [0.3, 0.4) is 0 Å². The number of anilines is 2. The van der Waals surface area contributed by atoms with Gasteiger partial charge in [0, 0.05) is 35.0 Å². The topological polar surface area (TPSA) is 57.3 Å². The molecule has 0 aliphatic rings. The summed E-state index contributed by atoms with van der Waals surface area (Å²) in [6, 6.07) is 9.43. The Labute approximate surface area is 145 Å². The van der Waals surface area contributed by atoms with Crippen LogP contribution >= 0.6 is 15.9 Å². The Kier molecular flexibility index (Phi) is 6.12. The van der Waals surface area contributed by atoms with Gasteiger partial charge < -0.3 is 15.5 Å². The molecule has 0 radical (unpaired) electrons. The highest BCUT2D eigenvalue weighted by Crippen LogP contribution is 2.22. The van der Waals surface area contributed by atoms with Crippen molar-refractivity contribution in [1.82, 2.24) is 15.2 Å². The Balaban J connectivity index is 2.04. The lowest BCUT2D eigenvalue weighted by Gasteiger charge is -2.11. The first-order valence-electron chi connectivity index (χ1n) is 7.38. The lowest BCUT2D eigenvalue weighted by atomic mass is 10.2. The number of likely N-dealkylation sites (N-methyl/N-ethyl adjacent to an activating group) is 1. The lowest BCUT2D eigenvalue weighted by molar-refractivity contribution is 0.0951. The summed E-state index contributed by atoms with van der Waals surface area (Å²) in [5.41, 5.74) is 2.66. The largest absolute Gasteiger partial charge is 0.351 e. The number of carbonyl (C=O) groups is 1. The van der Waals surface area contributed by atoms with Crippen LogP contribution in [0.25, 0.3) is 0 Å². The number of amides is 1. The Morgan fingerprint density at radius 3 is 2.74 bits per heavy atom. The summed E-state index contributed by atoms with van der Waals surface area (Å²) < 4.78 is 1.06. The van der Waals surface area contributed by atoms with Gasteiger partial charge in [-0.2, -0.15) is 0 Å². The number of nitrogens with one attached hydrogen (secondary N) is 2. The Morgan fingerprint density at radius 1 is 1.26 bits per heavy atom. The predicted molar refractivity (Wildman–Crippen MR) is 97.3 cm³/mol. The molecule has 2 N–H and O–H groups in total. The van der Waals surface area contributed by atoms with Crippen molar-refractivity contribution in [2.24, 2.45) is 0 Å². The van der Waals surface area contributed by atoms with Crippen molar-refractivity contribution in [1.29, 1.82) is 0 Å². The van der Waals surface area contributed by atoms with E-state index in [9.17, 15) is 4.79 Å². The van der Waals surface area contributed by atoms with E-state index < -0.39 is 0 Å². The Morgan fingerprint density at radius 2 is 2.04 bits per heavy atom. The predicted octanol–water partition coefficient (Wildman–Crippen LogP) is 3.19. The van der Waals surface area contributed by atoms with Gasteiger partial charge in [0.15, 0.2) is 0 Å². The average molecular weight is 377 g/mol. The van der Waals surface area contributed by atoms with Crippen LogP contribution < -0.4 is 10.6 Å². The van der Waals surface area contributed by atoms with Crippen molar-refractivity contribution in [3.8, 4) is 0 Å². The highest BCUT2D eigenvalue weighted by atomic mass is 79.9. The highest BCUT2D eigenvalue weighted by molar-refractivity contribution is 9.10. The maximum atomic E-state index is 12.1. The van der Waals surface area contributed by atoms with E-state index in [1.807, 2.05) is 44.1 Å². The van der Waals surface area contributed by atoms with Gasteiger partial charge >= 0.3 is 0 Å². The van der Waals surface area contributed by atoms with Crippen molar-refractivity contribution < 1.29 is 4.79 Å². The third kappa shape index (κ3) is 5.33. The molecular weight excluding hydrogens is 356 g/mol. The van der Waals surface area contributed by atoms with Gasteiger partial charge in [0.2, 0.25) is 0 Å². The first kappa shape index (κ1) is 17.4. The van der Waals surface area contributed by atoms with E-state index in [4.69, 9.17) is 0 Å². The van der Waals surface area contributed by atoms with E-state index in [1.165, 1.54) is 0 Å². The molecule has 0 aliphatic heterocycles. The Hall–Kier alpha value is -1.92. The monoisotopic (exact) mass is 376 g/mol. The number of nitrogens with zero attached hydrogens (tertiary/aromatic N) is 2. The molecule has 6 heteroatoms. The molecule has 1 aromatic heterocycles. The summed E-state index contributed by atoms with van der Waals surface area (Å²) >= 11 is 3.48. The zero-order valence-corrected chi connectivity index (χ0v) is 15.1. The van der Waals surface area contributed by atoms with Gasteiger partial charge in [-0.25, -0.2) is 4.98 Å². The highest BCUT2D eigenvalue weighted by Gasteiger charge is 2.07. The van der Waals surface area contributed by atoms with Crippen molar-refractivity contribution in [3.63, 3.8) is 0 Å². The minimum absolute atomic E-state index is 0.0933. The van der Waals surface area contributed by atoms with Gasteiger partial charge in [-0.3, -0.25) is 4.79 Å². The minimum Gasteiger partial charge on any atom is -0.351 e.